The number of amides is 2. The van der Waals surface area contributed by atoms with Crippen molar-refractivity contribution < 1.29 is 19.5 Å². The fourth-order valence-corrected chi connectivity index (χ4v) is 4.08. The van der Waals surface area contributed by atoms with Crippen LogP contribution >= 0.6 is 0 Å². The van der Waals surface area contributed by atoms with Gasteiger partial charge in [-0.05, 0) is 60.5 Å². The highest BCUT2D eigenvalue weighted by atomic mass is 16.4. The molecule has 0 aliphatic carbocycles. The molecule has 4 aromatic rings. The van der Waals surface area contributed by atoms with E-state index in [1.807, 2.05) is 42.5 Å². The first-order valence-electron chi connectivity index (χ1n) is 12.9. The molecule has 2 amide bonds. The maximum Gasteiger partial charge on any atom is 0.335 e. The molecule has 206 valence electrons. The number of benzene rings is 3. The topological polar surface area (TPSA) is 139 Å². The lowest BCUT2D eigenvalue weighted by Crippen LogP contribution is -2.40. The second-order valence-electron chi connectivity index (χ2n) is 9.29. The summed E-state index contributed by atoms with van der Waals surface area (Å²) < 4.78 is 0. The third-order valence-corrected chi connectivity index (χ3v) is 6.33. The first-order valence-corrected chi connectivity index (χ1v) is 12.9. The number of aryl methyl sites for hydroxylation is 1. The van der Waals surface area contributed by atoms with Gasteiger partial charge in [-0.2, -0.15) is 0 Å². The number of imidazole rings is 1. The van der Waals surface area contributed by atoms with E-state index < -0.39 is 5.97 Å². The molecule has 0 bridgehead atoms. The molecule has 0 atom stereocenters. The van der Waals surface area contributed by atoms with Crippen molar-refractivity contribution in [1.29, 1.82) is 0 Å². The molecule has 0 radical (unpaired) electrons. The zero-order chi connectivity index (χ0) is 28.3. The van der Waals surface area contributed by atoms with Crippen LogP contribution < -0.4 is 16.0 Å². The fraction of sp³-hybridized carbons (Fsp3) is 0.200. The molecule has 0 saturated carbocycles. The summed E-state index contributed by atoms with van der Waals surface area (Å²) >= 11 is 0. The standard InChI is InChI=1S/C30H32N6O4/c1-21-4-2-3-5-27(21)34-20-33-24-10-6-22(7-11-24)16-29(38)36(15-14-26-17-31-19-32-26)18-28(37)35-25-12-8-23(9-13-25)30(39)40/h2-13,17,19,33-34H,14-16,18,20H2,1H3,(H,31,32)(H,35,37)(H,39,40). The molecule has 0 fully saturated rings. The molecule has 5 N–H and O–H groups in total. The van der Waals surface area contributed by atoms with E-state index in [1.54, 1.807) is 12.5 Å². The largest absolute Gasteiger partial charge is 0.478 e. The van der Waals surface area contributed by atoms with Gasteiger partial charge in [-0.3, -0.25) is 9.59 Å². The van der Waals surface area contributed by atoms with Gasteiger partial charge in [-0.15, -0.1) is 0 Å². The van der Waals surface area contributed by atoms with Crippen molar-refractivity contribution in [2.45, 2.75) is 19.8 Å². The van der Waals surface area contributed by atoms with E-state index in [9.17, 15) is 14.4 Å². The summed E-state index contributed by atoms with van der Waals surface area (Å²) in [7, 11) is 0. The summed E-state index contributed by atoms with van der Waals surface area (Å²) in [5.74, 6) is -1.60. The number of anilines is 3. The lowest BCUT2D eigenvalue weighted by Gasteiger charge is -2.22. The minimum atomic E-state index is -1.05. The van der Waals surface area contributed by atoms with E-state index in [2.05, 4.69) is 38.9 Å². The average Bonchev–Trinajstić information content (AvgIpc) is 3.47. The zero-order valence-electron chi connectivity index (χ0n) is 22.2. The highest BCUT2D eigenvalue weighted by Gasteiger charge is 2.18. The van der Waals surface area contributed by atoms with E-state index in [0.717, 1.165) is 22.6 Å². The Bertz CT molecular complexity index is 1420. The van der Waals surface area contributed by atoms with E-state index in [0.29, 0.717) is 25.3 Å². The quantitative estimate of drug-likeness (QED) is 0.161. The van der Waals surface area contributed by atoms with Gasteiger partial charge in [0.25, 0.3) is 0 Å². The van der Waals surface area contributed by atoms with Crippen molar-refractivity contribution in [2.75, 3.05) is 35.7 Å². The number of aromatic nitrogens is 2. The van der Waals surface area contributed by atoms with Gasteiger partial charge < -0.3 is 30.9 Å². The molecule has 0 unspecified atom stereocenters. The van der Waals surface area contributed by atoms with Gasteiger partial charge in [0.2, 0.25) is 11.8 Å². The predicted octanol–water partition coefficient (Wildman–Crippen LogP) is 4.15. The van der Waals surface area contributed by atoms with Crippen LogP contribution in [0, 0.1) is 6.92 Å². The molecular formula is C30H32N6O4. The number of H-pyrrole nitrogens is 1. The Kier molecular flexibility index (Phi) is 9.49. The van der Waals surface area contributed by atoms with Crippen molar-refractivity contribution in [3.05, 3.63) is 108 Å². The van der Waals surface area contributed by atoms with Crippen LogP contribution in [0.2, 0.25) is 0 Å². The van der Waals surface area contributed by atoms with Crippen LogP contribution in [0.25, 0.3) is 0 Å². The van der Waals surface area contributed by atoms with Gasteiger partial charge in [0.1, 0.15) is 0 Å². The molecule has 3 aromatic carbocycles. The summed E-state index contributed by atoms with van der Waals surface area (Å²) in [5, 5.41) is 18.5. The van der Waals surface area contributed by atoms with Crippen LogP contribution in [0.5, 0.6) is 0 Å². The predicted molar refractivity (Wildman–Crippen MR) is 154 cm³/mol. The number of rotatable bonds is 13. The third kappa shape index (κ3) is 8.19. The van der Waals surface area contributed by atoms with Crippen molar-refractivity contribution in [1.82, 2.24) is 14.9 Å². The van der Waals surface area contributed by atoms with Gasteiger partial charge in [-0.25, -0.2) is 9.78 Å². The average molecular weight is 541 g/mol. The number of hydrogen-bond donors (Lipinski definition) is 5. The highest BCUT2D eigenvalue weighted by Crippen LogP contribution is 2.15. The lowest BCUT2D eigenvalue weighted by atomic mass is 10.1. The Morgan fingerprint density at radius 1 is 0.925 bits per heavy atom. The van der Waals surface area contributed by atoms with Crippen molar-refractivity contribution in [2.24, 2.45) is 0 Å². The summed E-state index contributed by atoms with van der Waals surface area (Å²) in [6.07, 6.45) is 3.92. The number of para-hydroxylation sites is 1. The number of nitrogens with one attached hydrogen (secondary N) is 4. The normalized spacial score (nSPS) is 10.5. The number of carbonyl (C=O) groups excluding carboxylic acids is 2. The smallest absolute Gasteiger partial charge is 0.335 e. The minimum absolute atomic E-state index is 0.123. The highest BCUT2D eigenvalue weighted by molar-refractivity contribution is 5.95. The molecule has 4 rings (SSSR count). The number of hydrogen-bond acceptors (Lipinski definition) is 6. The Morgan fingerprint density at radius 2 is 1.65 bits per heavy atom. The Balaban J connectivity index is 1.33. The summed E-state index contributed by atoms with van der Waals surface area (Å²) in [6.45, 7) is 2.79. The van der Waals surface area contributed by atoms with E-state index >= 15 is 0 Å². The number of carboxylic acids is 1. The van der Waals surface area contributed by atoms with Gasteiger partial charge >= 0.3 is 5.97 Å². The summed E-state index contributed by atoms with van der Waals surface area (Å²) in [4.78, 5) is 45.6. The van der Waals surface area contributed by atoms with Gasteiger partial charge in [0, 0.05) is 41.9 Å². The number of carbonyl (C=O) groups is 3. The lowest BCUT2D eigenvalue weighted by molar-refractivity contribution is -0.134. The number of carboxylic acid groups (broad SMARTS) is 1. The first-order chi connectivity index (χ1) is 19.4. The summed E-state index contributed by atoms with van der Waals surface area (Å²) in [6, 6.07) is 21.6. The van der Waals surface area contributed by atoms with E-state index in [4.69, 9.17) is 5.11 Å². The Labute approximate surface area is 232 Å². The molecule has 1 aromatic heterocycles. The number of aromatic carboxylic acids is 1. The molecular weight excluding hydrogens is 508 g/mol. The molecule has 0 spiro atoms. The molecule has 40 heavy (non-hydrogen) atoms. The summed E-state index contributed by atoms with van der Waals surface area (Å²) in [5.41, 5.74) is 5.42. The molecule has 10 heteroatoms. The minimum Gasteiger partial charge on any atom is -0.478 e. The van der Waals surface area contributed by atoms with Gasteiger partial charge in [0.15, 0.2) is 0 Å². The van der Waals surface area contributed by atoms with Crippen LogP contribution in [0.3, 0.4) is 0 Å². The van der Waals surface area contributed by atoms with Crippen LogP contribution in [-0.2, 0) is 22.4 Å². The van der Waals surface area contributed by atoms with E-state index in [-0.39, 0.29) is 30.3 Å². The van der Waals surface area contributed by atoms with Crippen molar-refractivity contribution >= 4 is 34.8 Å². The van der Waals surface area contributed by atoms with Crippen LogP contribution in [0.1, 0.15) is 27.2 Å². The molecule has 1 heterocycles. The molecule has 0 saturated heterocycles. The maximum absolute atomic E-state index is 13.3. The van der Waals surface area contributed by atoms with Crippen LogP contribution in [0.4, 0.5) is 17.1 Å². The third-order valence-electron chi connectivity index (χ3n) is 6.33. The first kappa shape index (κ1) is 27.9. The van der Waals surface area contributed by atoms with Gasteiger partial charge in [-0.1, -0.05) is 30.3 Å². The fourth-order valence-electron chi connectivity index (χ4n) is 4.08. The second-order valence-corrected chi connectivity index (χ2v) is 9.29. The monoisotopic (exact) mass is 540 g/mol. The molecule has 0 aliphatic heterocycles. The molecule has 0 aliphatic rings. The van der Waals surface area contributed by atoms with Crippen LogP contribution in [-0.4, -0.2) is 57.5 Å². The maximum atomic E-state index is 13.3. The van der Waals surface area contributed by atoms with Crippen molar-refractivity contribution in [3.63, 3.8) is 0 Å². The van der Waals surface area contributed by atoms with Gasteiger partial charge in [0.05, 0.1) is 31.5 Å². The van der Waals surface area contributed by atoms with E-state index in [1.165, 1.54) is 34.7 Å². The molecule has 10 nitrogen and oxygen atoms in total. The zero-order valence-corrected chi connectivity index (χ0v) is 22.2. The Hall–Kier alpha value is -5.12. The Morgan fingerprint density at radius 3 is 2.33 bits per heavy atom. The number of nitrogens with zero attached hydrogens (tertiary/aromatic N) is 2. The van der Waals surface area contributed by atoms with Crippen LogP contribution in [0.15, 0.2) is 85.3 Å². The SMILES string of the molecule is Cc1ccccc1NCNc1ccc(CC(=O)N(CCc2cnc[nH]2)CC(=O)Nc2ccc(C(=O)O)cc2)cc1. The number of aromatic amines is 1. The van der Waals surface area contributed by atoms with Crippen molar-refractivity contribution in [3.8, 4) is 0 Å². The second kappa shape index (κ2) is 13.6.